The van der Waals surface area contributed by atoms with Gasteiger partial charge in [-0.3, -0.25) is 0 Å². The zero-order chi connectivity index (χ0) is 19.5. The zero-order valence-electron chi connectivity index (χ0n) is 17.2. The average Bonchev–Trinajstić information content (AvgIpc) is 2.67. The maximum absolute atomic E-state index is 6.10. The van der Waals surface area contributed by atoms with E-state index in [1.54, 1.807) is 0 Å². The molecule has 0 bridgehead atoms. The number of fused-ring (bicyclic) bond motifs is 1. The van der Waals surface area contributed by atoms with Gasteiger partial charge in [-0.15, -0.1) is 0 Å². The van der Waals surface area contributed by atoms with E-state index in [0.29, 0.717) is 13.2 Å². The summed E-state index contributed by atoms with van der Waals surface area (Å²) in [5.74, 6) is 0. The molecule has 4 heteroatoms. The van der Waals surface area contributed by atoms with Gasteiger partial charge in [0.1, 0.15) is 0 Å². The lowest BCUT2D eigenvalue weighted by atomic mass is 9.84. The van der Waals surface area contributed by atoms with Crippen molar-refractivity contribution in [1.29, 1.82) is 0 Å². The molecule has 0 aromatic heterocycles. The number of rotatable bonds is 10. The largest absolute Gasteiger partial charge is 0.380 e. The normalized spacial score (nSPS) is 19.9. The van der Waals surface area contributed by atoms with E-state index in [4.69, 9.17) is 18.9 Å². The molecule has 0 amide bonds. The quantitative estimate of drug-likeness (QED) is 0.594. The molecule has 4 rings (SSSR count). The predicted molar refractivity (Wildman–Crippen MR) is 110 cm³/mol. The van der Waals surface area contributed by atoms with Gasteiger partial charge in [0.05, 0.1) is 52.9 Å². The highest BCUT2D eigenvalue weighted by atomic mass is 16.5. The fraction of sp³-hybridized carbons (Fsp3) is 0.583. The second kappa shape index (κ2) is 8.50. The van der Waals surface area contributed by atoms with Gasteiger partial charge in [0, 0.05) is 10.8 Å². The summed E-state index contributed by atoms with van der Waals surface area (Å²) in [5, 5.41) is 2.52. The van der Waals surface area contributed by atoms with Crippen LogP contribution in [0.1, 0.15) is 37.8 Å². The van der Waals surface area contributed by atoms with Crippen molar-refractivity contribution in [3.05, 3.63) is 47.5 Å². The van der Waals surface area contributed by atoms with E-state index in [2.05, 4.69) is 50.2 Å². The Kier molecular flexibility index (Phi) is 6.02. The molecule has 2 aliphatic heterocycles. The third-order valence-corrected chi connectivity index (χ3v) is 6.57. The Hall–Kier alpha value is -1.46. The van der Waals surface area contributed by atoms with Crippen molar-refractivity contribution < 1.29 is 18.9 Å². The highest BCUT2D eigenvalue weighted by Crippen LogP contribution is 2.33. The van der Waals surface area contributed by atoms with Crippen LogP contribution in [0.15, 0.2) is 36.4 Å². The van der Waals surface area contributed by atoms with Crippen molar-refractivity contribution in [3.8, 4) is 0 Å². The molecule has 2 aromatic carbocycles. The summed E-state index contributed by atoms with van der Waals surface area (Å²) in [6.45, 7) is 10.5. The minimum atomic E-state index is 0.226. The van der Waals surface area contributed by atoms with E-state index in [9.17, 15) is 0 Å². The molecular formula is C24H32O4. The second-order valence-corrected chi connectivity index (χ2v) is 8.61. The lowest BCUT2D eigenvalue weighted by molar-refractivity contribution is -0.152. The Morgan fingerprint density at radius 3 is 1.46 bits per heavy atom. The van der Waals surface area contributed by atoms with E-state index < -0.39 is 0 Å². The maximum atomic E-state index is 6.10. The van der Waals surface area contributed by atoms with Crippen LogP contribution in [-0.4, -0.2) is 39.6 Å². The van der Waals surface area contributed by atoms with Crippen molar-refractivity contribution >= 4 is 10.8 Å². The van der Waals surface area contributed by atoms with Gasteiger partial charge in [0.25, 0.3) is 0 Å². The molecular weight excluding hydrogens is 352 g/mol. The van der Waals surface area contributed by atoms with Crippen molar-refractivity contribution in [2.45, 2.75) is 39.9 Å². The van der Waals surface area contributed by atoms with Gasteiger partial charge >= 0.3 is 0 Å². The second-order valence-electron chi connectivity index (χ2n) is 8.61. The van der Waals surface area contributed by atoms with Crippen LogP contribution in [0.4, 0.5) is 0 Å². The van der Waals surface area contributed by atoms with Crippen LogP contribution in [0.25, 0.3) is 10.8 Å². The van der Waals surface area contributed by atoms with E-state index in [1.165, 1.54) is 21.9 Å². The minimum Gasteiger partial charge on any atom is -0.380 e. The minimum absolute atomic E-state index is 0.226. The molecule has 152 valence electrons. The summed E-state index contributed by atoms with van der Waals surface area (Å²) in [6, 6.07) is 13.0. The van der Waals surface area contributed by atoms with E-state index in [-0.39, 0.29) is 10.8 Å². The molecule has 2 aromatic rings. The molecule has 28 heavy (non-hydrogen) atoms. The Morgan fingerprint density at radius 2 is 1.14 bits per heavy atom. The van der Waals surface area contributed by atoms with Crippen molar-refractivity contribution in [3.63, 3.8) is 0 Å². The molecule has 0 unspecified atom stereocenters. The first-order chi connectivity index (χ1) is 13.7. The summed E-state index contributed by atoms with van der Waals surface area (Å²) in [5.41, 5.74) is 2.93. The summed E-state index contributed by atoms with van der Waals surface area (Å²) in [7, 11) is 0. The summed E-state index contributed by atoms with van der Waals surface area (Å²) in [6.07, 6.45) is 2.21. The lowest BCUT2D eigenvalue weighted by Crippen LogP contribution is -2.45. The third kappa shape index (κ3) is 3.97. The summed E-state index contributed by atoms with van der Waals surface area (Å²) >= 11 is 0. The number of benzene rings is 2. The Balaban J connectivity index is 1.41. The molecule has 2 fully saturated rings. The van der Waals surface area contributed by atoms with Gasteiger partial charge in [0.15, 0.2) is 0 Å². The molecule has 4 nitrogen and oxygen atoms in total. The lowest BCUT2D eigenvalue weighted by Gasteiger charge is -2.40. The van der Waals surface area contributed by atoms with E-state index in [1.807, 2.05) is 0 Å². The Morgan fingerprint density at radius 1 is 0.714 bits per heavy atom. The molecule has 0 spiro atoms. The first-order valence-corrected chi connectivity index (χ1v) is 10.5. The fourth-order valence-corrected chi connectivity index (χ4v) is 3.99. The SMILES string of the molecule is CCC1(COCc2ccc(COCC3(CC)COC3)c3ccccc23)COC1. The predicted octanol–water partition coefficient (Wildman–Crippen LogP) is 4.73. The standard InChI is InChI=1S/C24H32O4/c1-3-23(15-27-16-23)13-25-11-19-9-10-20(22-8-6-5-7-21(19)22)12-26-14-24(4-2)17-28-18-24/h5-10H,3-4,11-18H2,1-2H3. The highest BCUT2D eigenvalue weighted by Gasteiger charge is 2.37. The molecule has 0 atom stereocenters. The molecule has 2 heterocycles. The molecule has 0 N–H and O–H groups in total. The zero-order valence-corrected chi connectivity index (χ0v) is 17.2. The van der Waals surface area contributed by atoms with Gasteiger partial charge in [-0.2, -0.15) is 0 Å². The molecule has 2 saturated heterocycles. The van der Waals surface area contributed by atoms with Crippen LogP contribution in [0.3, 0.4) is 0 Å². The monoisotopic (exact) mass is 384 g/mol. The molecule has 0 aliphatic carbocycles. The first-order valence-electron chi connectivity index (χ1n) is 10.5. The van der Waals surface area contributed by atoms with Crippen LogP contribution < -0.4 is 0 Å². The summed E-state index contributed by atoms with van der Waals surface area (Å²) in [4.78, 5) is 0. The van der Waals surface area contributed by atoms with Gasteiger partial charge in [-0.25, -0.2) is 0 Å². The van der Waals surface area contributed by atoms with Gasteiger partial charge < -0.3 is 18.9 Å². The van der Waals surface area contributed by atoms with Gasteiger partial charge in [-0.1, -0.05) is 50.2 Å². The fourth-order valence-electron chi connectivity index (χ4n) is 3.99. The maximum Gasteiger partial charge on any atom is 0.0723 e. The number of hydrogen-bond donors (Lipinski definition) is 0. The molecule has 0 saturated carbocycles. The van der Waals surface area contributed by atoms with E-state index in [0.717, 1.165) is 52.5 Å². The average molecular weight is 385 g/mol. The Bertz CT molecular complexity index is 715. The van der Waals surface area contributed by atoms with Gasteiger partial charge in [0.2, 0.25) is 0 Å². The van der Waals surface area contributed by atoms with Crippen LogP contribution in [0.2, 0.25) is 0 Å². The van der Waals surface area contributed by atoms with E-state index >= 15 is 0 Å². The topological polar surface area (TPSA) is 36.9 Å². The number of ether oxygens (including phenoxy) is 4. The van der Waals surface area contributed by atoms with Crippen LogP contribution in [0.5, 0.6) is 0 Å². The Labute approximate surface area is 168 Å². The molecule has 0 radical (unpaired) electrons. The van der Waals surface area contributed by atoms with Crippen LogP contribution >= 0.6 is 0 Å². The van der Waals surface area contributed by atoms with Crippen molar-refractivity contribution in [1.82, 2.24) is 0 Å². The first kappa shape index (κ1) is 19.8. The molecule has 2 aliphatic rings. The van der Waals surface area contributed by atoms with Crippen LogP contribution in [0, 0.1) is 10.8 Å². The van der Waals surface area contributed by atoms with Gasteiger partial charge in [-0.05, 0) is 34.7 Å². The third-order valence-electron chi connectivity index (χ3n) is 6.57. The summed E-state index contributed by atoms with van der Waals surface area (Å²) < 4.78 is 23.0. The highest BCUT2D eigenvalue weighted by molar-refractivity contribution is 5.88. The van der Waals surface area contributed by atoms with Crippen molar-refractivity contribution in [2.24, 2.45) is 10.8 Å². The number of hydrogen-bond acceptors (Lipinski definition) is 4. The van der Waals surface area contributed by atoms with Crippen molar-refractivity contribution in [2.75, 3.05) is 39.6 Å². The smallest absolute Gasteiger partial charge is 0.0723 e. The van der Waals surface area contributed by atoms with Crippen LogP contribution in [-0.2, 0) is 32.2 Å².